The van der Waals surface area contributed by atoms with Crippen LogP contribution in [0.4, 0.5) is 0 Å². The van der Waals surface area contributed by atoms with E-state index in [2.05, 4.69) is 51.5 Å². The number of thioether (sulfide) groups is 1. The number of nitrogens with zero attached hydrogens (tertiary/aromatic N) is 5. The topological polar surface area (TPSA) is 78.9 Å². The molecule has 5 aromatic rings. The zero-order valence-electron chi connectivity index (χ0n) is 19.2. The molecule has 5 rings (SSSR count). The van der Waals surface area contributed by atoms with Crippen LogP contribution in [-0.2, 0) is 12.2 Å². The Balaban J connectivity index is 1.45. The number of para-hydroxylation sites is 1. The largest absolute Gasteiger partial charge is 0.496 e. The van der Waals surface area contributed by atoms with Gasteiger partial charge in [-0.05, 0) is 60.5 Å². The summed E-state index contributed by atoms with van der Waals surface area (Å²) in [6.45, 7) is 2.14. The minimum atomic E-state index is 0.438. The first-order chi connectivity index (χ1) is 17.2. The first-order valence-corrected chi connectivity index (χ1v) is 12.4. The van der Waals surface area contributed by atoms with Crippen molar-refractivity contribution in [3.8, 4) is 34.2 Å². The maximum absolute atomic E-state index is 6.10. The van der Waals surface area contributed by atoms with Crippen LogP contribution in [0.2, 0.25) is 5.02 Å². The predicted molar refractivity (Wildman–Crippen MR) is 137 cm³/mol. The summed E-state index contributed by atoms with van der Waals surface area (Å²) in [7, 11) is 1.62. The molecule has 0 aliphatic heterocycles. The molecule has 3 aromatic carbocycles. The minimum absolute atomic E-state index is 0.438. The molecule has 0 aliphatic rings. The predicted octanol–water partition coefficient (Wildman–Crippen LogP) is 6.50. The quantitative estimate of drug-likeness (QED) is 0.223. The SMILES string of the molecule is CCc1ccc(-n2c(SCc3nc(-c4ccccc4OC)no3)nnc2-c2ccc(Cl)cc2)cc1. The lowest BCUT2D eigenvalue weighted by molar-refractivity contribution is 0.390. The van der Waals surface area contributed by atoms with E-state index < -0.39 is 0 Å². The van der Waals surface area contributed by atoms with Gasteiger partial charge in [0.15, 0.2) is 11.0 Å². The molecule has 7 nitrogen and oxygen atoms in total. The Hall–Kier alpha value is -3.62. The summed E-state index contributed by atoms with van der Waals surface area (Å²) < 4.78 is 13.0. The van der Waals surface area contributed by atoms with Crippen LogP contribution in [0.25, 0.3) is 28.5 Å². The van der Waals surface area contributed by atoms with Gasteiger partial charge in [0.1, 0.15) is 5.75 Å². The van der Waals surface area contributed by atoms with Crippen LogP contribution < -0.4 is 4.74 Å². The van der Waals surface area contributed by atoms with E-state index in [4.69, 9.17) is 20.9 Å². The average Bonchev–Trinajstić information content (AvgIpc) is 3.55. The fourth-order valence-corrected chi connectivity index (χ4v) is 4.56. The first kappa shape index (κ1) is 23.1. The third-order valence-electron chi connectivity index (χ3n) is 5.48. The zero-order valence-corrected chi connectivity index (χ0v) is 20.8. The molecule has 0 atom stereocenters. The van der Waals surface area contributed by atoms with Crippen molar-refractivity contribution in [1.29, 1.82) is 0 Å². The molecule has 9 heteroatoms. The summed E-state index contributed by atoms with van der Waals surface area (Å²) in [5.74, 6) is 2.83. The van der Waals surface area contributed by atoms with Crippen molar-refractivity contribution in [2.45, 2.75) is 24.3 Å². The standard InChI is InChI=1S/C26H22ClN5O2S/c1-3-17-8-14-20(15-9-17)32-25(18-10-12-19(27)13-11-18)29-30-26(32)35-16-23-28-24(31-34-23)21-6-4-5-7-22(21)33-2/h4-15H,3,16H2,1-2H3. The average molecular weight is 504 g/mol. The molecule has 2 heterocycles. The van der Waals surface area contributed by atoms with Crippen molar-refractivity contribution in [3.63, 3.8) is 0 Å². The van der Waals surface area contributed by atoms with E-state index >= 15 is 0 Å². The van der Waals surface area contributed by atoms with Crippen molar-refractivity contribution in [2.75, 3.05) is 7.11 Å². The van der Waals surface area contributed by atoms with Crippen molar-refractivity contribution < 1.29 is 9.26 Å². The Kier molecular flexibility index (Phi) is 6.83. The van der Waals surface area contributed by atoms with Crippen LogP contribution in [0.15, 0.2) is 82.5 Å². The summed E-state index contributed by atoms with van der Waals surface area (Å²) in [6.07, 6.45) is 0.972. The van der Waals surface area contributed by atoms with Crippen LogP contribution in [0.1, 0.15) is 18.4 Å². The molecule has 0 saturated carbocycles. The van der Waals surface area contributed by atoms with Crippen LogP contribution >= 0.6 is 23.4 Å². The molecule has 0 amide bonds. The van der Waals surface area contributed by atoms with Crippen LogP contribution in [-0.4, -0.2) is 32.0 Å². The summed E-state index contributed by atoms with van der Waals surface area (Å²) in [5.41, 5.74) is 3.93. The molecular formula is C26H22ClN5O2S. The van der Waals surface area contributed by atoms with Crippen molar-refractivity contribution >= 4 is 23.4 Å². The van der Waals surface area contributed by atoms with Gasteiger partial charge in [-0.1, -0.05) is 59.7 Å². The third-order valence-corrected chi connectivity index (χ3v) is 6.64. The second-order valence-electron chi connectivity index (χ2n) is 7.67. The van der Waals surface area contributed by atoms with Gasteiger partial charge in [0.2, 0.25) is 11.7 Å². The van der Waals surface area contributed by atoms with E-state index in [0.29, 0.717) is 28.2 Å². The molecule has 2 aromatic heterocycles. The Bertz CT molecular complexity index is 1430. The van der Waals surface area contributed by atoms with E-state index in [9.17, 15) is 0 Å². The smallest absolute Gasteiger partial charge is 0.237 e. The van der Waals surface area contributed by atoms with E-state index in [1.807, 2.05) is 53.1 Å². The van der Waals surface area contributed by atoms with Gasteiger partial charge < -0.3 is 9.26 Å². The Labute approximate surface area is 212 Å². The minimum Gasteiger partial charge on any atom is -0.496 e. The molecule has 0 spiro atoms. The molecule has 0 N–H and O–H groups in total. The van der Waals surface area contributed by atoms with Gasteiger partial charge in [-0.2, -0.15) is 4.98 Å². The normalized spacial score (nSPS) is 11.1. The number of halogens is 1. The fraction of sp³-hybridized carbons (Fsp3) is 0.154. The number of benzene rings is 3. The van der Waals surface area contributed by atoms with Crippen molar-refractivity contribution in [1.82, 2.24) is 24.9 Å². The maximum atomic E-state index is 6.10. The number of hydrogen-bond acceptors (Lipinski definition) is 7. The number of ether oxygens (including phenoxy) is 1. The molecule has 0 radical (unpaired) electrons. The second-order valence-corrected chi connectivity index (χ2v) is 9.05. The molecule has 0 unspecified atom stereocenters. The summed E-state index contributed by atoms with van der Waals surface area (Å²) >= 11 is 7.58. The maximum Gasteiger partial charge on any atom is 0.237 e. The van der Waals surface area contributed by atoms with Gasteiger partial charge >= 0.3 is 0 Å². The number of methoxy groups -OCH3 is 1. The summed E-state index contributed by atoms with van der Waals surface area (Å²) in [6, 6.07) is 23.5. The van der Waals surface area contributed by atoms with Gasteiger partial charge in [0, 0.05) is 16.3 Å². The number of hydrogen-bond donors (Lipinski definition) is 0. The number of aryl methyl sites for hydroxylation is 1. The first-order valence-electron chi connectivity index (χ1n) is 11.1. The van der Waals surface area contributed by atoms with Crippen LogP contribution in [0.3, 0.4) is 0 Å². The second kappa shape index (κ2) is 10.3. The van der Waals surface area contributed by atoms with Crippen LogP contribution in [0, 0.1) is 0 Å². The zero-order chi connectivity index (χ0) is 24.2. The van der Waals surface area contributed by atoms with E-state index in [0.717, 1.165) is 34.2 Å². The van der Waals surface area contributed by atoms with E-state index in [1.54, 1.807) is 7.11 Å². The van der Waals surface area contributed by atoms with E-state index in [1.165, 1.54) is 17.3 Å². The van der Waals surface area contributed by atoms with Crippen molar-refractivity contribution in [2.24, 2.45) is 0 Å². The lowest BCUT2D eigenvalue weighted by Crippen LogP contribution is -2.00. The van der Waals surface area contributed by atoms with Crippen LogP contribution in [0.5, 0.6) is 5.75 Å². The molecule has 35 heavy (non-hydrogen) atoms. The van der Waals surface area contributed by atoms with Gasteiger partial charge in [-0.3, -0.25) is 4.57 Å². The number of rotatable bonds is 8. The highest BCUT2D eigenvalue weighted by molar-refractivity contribution is 7.98. The molecule has 0 fully saturated rings. The monoisotopic (exact) mass is 503 g/mol. The molecule has 0 saturated heterocycles. The van der Waals surface area contributed by atoms with Gasteiger partial charge in [0.05, 0.1) is 18.4 Å². The van der Waals surface area contributed by atoms with Gasteiger partial charge in [-0.25, -0.2) is 0 Å². The Morgan fingerprint density at radius 2 is 1.74 bits per heavy atom. The highest BCUT2D eigenvalue weighted by atomic mass is 35.5. The molecule has 176 valence electrons. The fourth-order valence-electron chi connectivity index (χ4n) is 3.64. The summed E-state index contributed by atoms with van der Waals surface area (Å²) in [5, 5.41) is 14.5. The molecule has 0 bridgehead atoms. The Morgan fingerprint density at radius 1 is 0.971 bits per heavy atom. The number of aromatic nitrogens is 5. The highest BCUT2D eigenvalue weighted by Crippen LogP contribution is 2.32. The highest BCUT2D eigenvalue weighted by Gasteiger charge is 2.19. The third kappa shape index (κ3) is 4.94. The summed E-state index contributed by atoms with van der Waals surface area (Å²) in [4.78, 5) is 4.55. The lowest BCUT2D eigenvalue weighted by Gasteiger charge is -2.11. The van der Waals surface area contributed by atoms with E-state index in [-0.39, 0.29) is 0 Å². The lowest BCUT2D eigenvalue weighted by atomic mass is 10.1. The van der Waals surface area contributed by atoms with Gasteiger partial charge in [-0.15, -0.1) is 10.2 Å². The van der Waals surface area contributed by atoms with Crippen molar-refractivity contribution in [3.05, 3.63) is 89.3 Å². The Morgan fingerprint density at radius 3 is 2.49 bits per heavy atom. The molecular weight excluding hydrogens is 482 g/mol. The van der Waals surface area contributed by atoms with Gasteiger partial charge in [0.25, 0.3) is 0 Å². The molecule has 0 aliphatic carbocycles.